The van der Waals surface area contributed by atoms with E-state index in [0.717, 1.165) is 22.2 Å². The summed E-state index contributed by atoms with van der Waals surface area (Å²) < 4.78 is 0. The van der Waals surface area contributed by atoms with E-state index in [1.54, 1.807) is 12.1 Å². The maximum atomic E-state index is 12.8. The van der Waals surface area contributed by atoms with Crippen molar-refractivity contribution >= 4 is 51.4 Å². The Labute approximate surface area is 250 Å². The Hall–Kier alpha value is -4.55. The standard InChI is InChI=1S/C31H39N9O3/c1-21-6-8-23-10-12-25(38-30(23)34-21)36-28(42)14-19-40(18-4-17-33-27(41)5-3-16-32)20-15-29(43)37-26-13-11-24-9-7-22(2)35-31(24)39-26/h6-13H,3-5,14-20,32H2,1-2H3,(H,33,41)(H,34,36,38,42)(H,35,37,39,43). The molecule has 0 spiro atoms. The number of carbonyl (C=O) groups is 3. The molecular formula is C31H39N9O3. The highest BCUT2D eigenvalue weighted by molar-refractivity contribution is 5.92. The van der Waals surface area contributed by atoms with Gasteiger partial charge in [0.2, 0.25) is 17.7 Å². The van der Waals surface area contributed by atoms with Crippen LogP contribution in [0.3, 0.4) is 0 Å². The summed E-state index contributed by atoms with van der Waals surface area (Å²) in [7, 11) is 0. The zero-order valence-electron chi connectivity index (χ0n) is 24.7. The summed E-state index contributed by atoms with van der Waals surface area (Å²) in [6, 6.07) is 15.0. The van der Waals surface area contributed by atoms with Crippen LogP contribution in [0.1, 0.15) is 43.5 Å². The summed E-state index contributed by atoms with van der Waals surface area (Å²) >= 11 is 0. The molecule has 43 heavy (non-hydrogen) atoms. The summed E-state index contributed by atoms with van der Waals surface area (Å²) in [6.07, 6.45) is 2.14. The van der Waals surface area contributed by atoms with Gasteiger partial charge in [0, 0.05) is 61.1 Å². The minimum atomic E-state index is -0.188. The van der Waals surface area contributed by atoms with Crippen molar-refractivity contribution in [2.24, 2.45) is 5.73 Å². The Morgan fingerprint density at radius 3 is 1.67 bits per heavy atom. The van der Waals surface area contributed by atoms with Gasteiger partial charge in [0.05, 0.1) is 0 Å². The van der Waals surface area contributed by atoms with E-state index in [1.807, 2.05) is 55.1 Å². The summed E-state index contributed by atoms with van der Waals surface area (Å²) in [5, 5.41) is 10.4. The van der Waals surface area contributed by atoms with Crippen molar-refractivity contribution in [3.8, 4) is 0 Å². The Morgan fingerprint density at radius 2 is 1.16 bits per heavy atom. The van der Waals surface area contributed by atoms with Crippen LogP contribution in [0.2, 0.25) is 0 Å². The molecule has 4 aromatic rings. The number of fused-ring (bicyclic) bond motifs is 2. The van der Waals surface area contributed by atoms with Crippen molar-refractivity contribution in [3.63, 3.8) is 0 Å². The van der Waals surface area contributed by atoms with E-state index in [9.17, 15) is 14.4 Å². The molecule has 3 amide bonds. The number of amides is 3. The molecule has 0 aliphatic heterocycles. The molecule has 0 aromatic carbocycles. The Morgan fingerprint density at radius 1 is 0.651 bits per heavy atom. The van der Waals surface area contributed by atoms with Crippen molar-refractivity contribution in [2.45, 2.75) is 46.0 Å². The molecule has 0 saturated carbocycles. The van der Waals surface area contributed by atoms with Gasteiger partial charge < -0.3 is 26.6 Å². The third-order valence-electron chi connectivity index (χ3n) is 6.81. The van der Waals surface area contributed by atoms with E-state index in [-0.39, 0.29) is 30.6 Å². The van der Waals surface area contributed by atoms with Gasteiger partial charge in [-0.15, -0.1) is 0 Å². The van der Waals surface area contributed by atoms with Crippen molar-refractivity contribution in [1.82, 2.24) is 30.2 Å². The average molecular weight is 586 g/mol. The monoisotopic (exact) mass is 585 g/mol. The van der Waals surface area contributed by atoms with Gasteiger partial charge in [-0.05, 0) is 88.3 Å². The zero-order chi connectivity index (χ0) is 30.6. The van der Waals surface area contributed by atoms with Gasteiger partial charge >= 0.3 is 0 Å². The van der Waals surface area contributed by atoms with Crippen LogP contribution in [0.25, 0.3) is 22.1 Å². The van der Waals surface area contributed by atoms with Crippen LogP contribution in [-0.2, 0) is 14.4 Å². The minimum Gasteiger partial charge on any atom is -0.356 e. The fourth-order valence-electron chi connectivity index (χ4n) is 4.47. The third-order valence-corrected chi connectivity index (χ3v) is 6.81. The summed E-state index contributed by atoms with van der Waals surface area (Å²) in [5.41, 5.74) is 8.33. The molecule has 0 bridgehead atoms. The number of pyridine rings is 4. The normalized spacial score (nSPS) is 11.2. The third kappa shape index (κ3) is 10.0. The second-order valence-corrected chi connectivity index (χ2v) is 10.4. The molecule has 4 rings (SSSR count). The van der Waals surface area contributed by atoms with Crippen LogP contribution < -0.4 is 21.7 Å². The quantitative estimate of drug-likeness (QED) is 0.153. The number of nitrogens with one attached hydrogen (secondary N) is 3. The predicted octanol–water partition coefficient (Wildman–Crippen LogP) is 3.09. The molecule has 0 fully saturated rings. The molecule has 0 saturated heterocycles. The molecule has 0 unspecified atom stereocenters. The van der Waals surface area contributed by atoms with Crippen LogP contribution in [0.4, 0.5) is 11.6 Å². The SMILES string of the molecule is Cc1ccc2ccc(NC(=O)CCN(CCCNC(=O)CCCN)CCC(=O)Nc3ccc4ccc(C)nc4n3)nc2n1. The van der Waals surface area contributed by atoms with E-state index in [1.165, 1.54) is 0 Å². The number of rotatable bonds is 15. The van der Waals surface area contributed by atoms with E-state index < -0.39 is 0 Å². The summed E-state index contributed by atoms with van der Waals surface area (Å²) in [5.74, 6) is 0.471. The first-order chi connectivity index (χ1) is 20.8. The molecule has 0 atom stereocenters. The molecule has 0 aliphatic carbocycles. The Kier molecular flexibility index (Phi) is 11.4. The second-order valence-electron chi connectivity index (χ2n) is 10.4. The predicted molar refractivity (Wildman–Crippen MR) is 167 cm³/mol. The number of nitrogens with two attached hydrogens (primary N) is 1. The van der Waals surface area contributed by atoms with Crippen LogP contribution in [0, 0.1) is 13.8 Å². The van der Waals surface area contributed by atoms with Crippen LogP contribution in [-0.4, -0.2) is 75.3 Å². The first kappa shape index (κ1) is 31.4. The molecule has 0 aliphatic rings. The molecule has 12 heteroatoms. The van der Waals surface area contributed by atoms with Gasteiger partial charge in [0.1, 0.15) is 11.6 Å². The molecule has 4 heterocycles. The van der Waals surface area contributed by atoms with E-state index >= 15 is 0 Å². The Balaban J connectivity index is 1.31. The van der Waals surface area contributed by atoms with Gasteiger partial charge in [0.25, 0.3) is 0 Å². The molecule has 226 valence electrons. The molecule has 0 radical (unpaired) electrons. The number of hydrogen-bond acceptors (Lipinski definition) is 9. The number of aromatic nitrogens is 4. The van der Waals surface area contributed by atoms with Crippen LogP contribution >= 0.6 is 0 Å². The number of nitrogens with zero attached hydrogens (tertiary/aromatic N) is 5. The van der Waals surface area contributed by atoms with Gasteiger partial charge in [-0.2, -0.15) is 0 Å². The number of carbonyl (C=O) groups excluding carboxylic acids is 3. The van der Waals surface area contributed by atoms with Crippen molar-refractivity contribution in [1.29, 1.82) is 0 Å². The number of aryl methyl sites for hydroxylation is 2. The topological polar surface area (TPSA) is 168 Å². The highest BCUT2D eigenvalue weighted by Crippen LogP contribution is 2.15. The number of anilines is 2. The zero-order valence-corrected chi connectivity index (χ0v) is 24.7. The Bertz CT molecular complexity index is 1470. The average Bonchev–Trinajstić information content (AvgIpc) is 2.98. The largest absolute Gasteiger partial charge is 0.356 e. The minimum absolute atomic E-state index is 0.0316. The van der Waals surface area contributed by atoms with E-state index in [4.69, 9.17) is 5.73 Å². The van der Waals surface area contributed by atoms with Crippen molar-refractivity contribution in [3.05, 3.63) is 59.9 Å². The van der Waals surface area contributed by atoms with Gasteiger partial charge in [-0.3, -0.25) is 14.4 Å². The van der Waals surface area contributed by atoms with Crippen LogP contribution in [0.5, 0.6) is 0 Å². The van der Waals surface area contributed by atoms with Gasteiger partial charge in [-0.1, -0.05) is 0 Å². The lowest BCUT2D eigenvalue weighted by atomic mass is 10.2. The smallest absolute Gasteiger partial charge is 0.226 e. The summed E-state index contributed by atoms with van der Waals surface area (Å²) in [4.78, 5) is 57.3. The second kappa shape index (κ2) is 15.6. The molecule has 5 N–H and O–H groups in total. The molecular weight excluding hydrogens is 546 g/mol. The maximum absolute atomic E-state index is 12.8. The van der Waals surface area contributed by atoms with Crippen molar-refractivity contribution in [2.75, 3.05) is 43.4 Å². The first-order valence-electron chi connectivity index (χ1n) is 14.6. The van der Waals surface area contributed by atoms with Crippen molar-refractivity contribution < 1.29 is 14.4 Å². The summed E-state index contributed by atoms with van der Waals surface area (Å²) in [6.45, 7) is 6.23. The lowest BCUT2D eigenvalue weighted by molar-refractivity contribution is -0.121. The number of hydrogen-bond donors (Lipinski definition) is 4. The van der Waals surface area contributed by atoms with Gasteiger partial charge in [0.15, 0.2) is 11.3 Å². The highest BCUT2D eigenvalue weighted by Gasteiger charge is 2.13. The van der Waals surface area contributed by atoms with E-state index in [0.29, 0.717) is 74.9 Å². The molecule has 12 nitrogen and oxygen atoms in total. The fourth-order valence-corrected chi connectivity index (χ4v) is 4.47. The fraction of sp³-hybridized carbons (Fsp3) is 0.387. The first-order valence-corrected chi connectivity index (χ1v) is 14.6. The molecule has 4 aromatic heterocycles. The van der Waals surface area contributed by atoms with Crippen LogP contribution in [0.15, 0.2) is 48.5 Å². The lowest BCUT2D eigenvalue weighted by Gasteiger charge is -2.22. The highest BCUT2D eigenvalue weighted by atomic mass is 16.2. The maximum Gasteiger partial charge on any atom is 0.226 e. The lowest BCUT2D eigenvalue weighted by Crippen LogP contribution is -2.34. The van der Waals surface area contributed by atoms with E-state index in [2.05, 4.69) is 35.9 Å². The van der Waals surface area contributed by atoms with Gasteiger partial charge in [-0.25, -0.2) is 19.9 Å².